The normalized spacial score (nSPS) is 24.8. The van der Waals surface area contributed by atoms with Crippen molar-refractivity contribution in [1.29, 1.82) is 0 Å². The maximum absolute atomic E-state index is 12.8. The van der Waals surface area contributed by atoms with Crippen molar-refractivity contribution in [2.75, 3.05) is 6.54 Å². The summed E-state index contributed by atoms with van der Waals surface area (Å²) in [6.45, 7) is 0.372. The van der Waals surface area contributed by atoms with Crippen LogP contribution >= 0.6 is 11.6 Å². The highest BCUT2D eigenvalue weighted by molar-refractivity contribution is 7.92. The summed E-state index contributed by atoms with van der Waals surface area (Å²) < 4.78 is 25.5. The van der Waals surface area contributed by atoms with Crippen LogP contribution < -0.4 is 5.73 Å². The van der Waals surface area contributed by atoms with E-state index in [1.165, 1.54) is 0 Å². The quantitative estimate of drug-likeness (QED) is 0.942. The molecule has 2 aromatic carbocycles. The fraction of sp³-hybridized carbons (Fsp3) is 0.250. The molecule has 0 radical (unpaired) electrons. The summed E-state index contributed by atoms with van der Waals surface area (Å²) in [6.07, 6.45) is 0. The van der Waals surface area contributed by atoms with Gasteiger partial charge in [-0.15, -0.1) is 0 Å². The third kappa shape index (κ3) is 2.59. The molecule has 5 heteroatoms. The van der Waals surface area contributed by atoms with E-state index in [2.05, 4.69) is 0 Å². The number of hydrogen-bond acceptors (Lipinski definition) is 3. The predicted molar refractivity (Wildman–Crippen MR) is 84.2 cm³/mol. The van der Waals surface area contributed by atoms with E-state index < -0.39 is 15.1 Å². The molecule has 1 saturated carbocycles. The van der Waals surface area contributed by atoms with Crippen LogP contribution in [-0.2, 0) is 9.84 Å². The number of sulfone groups is 1. The highest BCUT2D eigenvalue weighted by Gasteiger charge is 2.57. The highest BCUT2D eigenvalue weighted by Crippen LogP contribution is 2.53. The lowest BCUT2D eigenvalue weighted by Crippen LogP contribution is -2.13. The molecule has 1 fully saturated rings. The van der Waals surface area contributed by atoms with Crippen LogP contribution in [0.25, 0.3) is 0 Å². The Bertz CT molecular complexity index is 729. The highest BCUT2D eigenvalue weighted by atomic mass is 35.5. The topological polar surface area (TPSA) is 60.2 Å². The van der Waals surface area contributed by atoms with Gasteiger partial charge in [0.1, 0.15) is 0 Å². The second kappa shape index (κ2) is 5.44. The van der Waals surface area contributed by atoms with Gasteiger partial charge in [0.15, 0.2) is 9.84 Å². The van der Waals surface area contributed by atoms with Crippen LogP contribution in [0.2, 0.25) is 5.02 Å². The lowest BCUT2D eigenvalue weighted by atomic mass is 10.1. The Labute approximate surface area is 129 Å². The average Bonchev–Trinajstić information content (AvgIpc) is 3.24. The van der Waals surface area contributed by atoms with Gasteiger partial charge in [0, 0.05) is 10.9 Å². The van der Waals surface area contributed by atoms with Gasteiger partial charge in [-0.05, 0) is 42.3 Å². The lowest BCUT2D eigenvalue weighted by molar-refractivity contribution is 0.591. The lowest BCUT2D eigenvalue weighted by Gasteiger charge is -2.04. The Balaban J connectivity index is 1.94. The Morgan fingerprint density at radius 3 is 2.19 bits per heavy atom. The van der Waals surface area contributed by atoms with Gasteiger partial charge in [0.25, 0.3) is 0 Å². The first-order valence-corrected chi connectivity index (χ1v) is 8.72. The van der Waals surface area contributed by atoms with Crippen LogP contribution in [0.5, 0.6) is 0 Å². The van der Waals surface area contributed by atoms with E-state index >= 15 is 0 Å². The van der Waals surface area contributed by atoms with E-state index in [0.29, 0.717) is 16.5 Å². The van der Waals surface area contributed by atoms with Crippen LogP contribution in [0, 0.1) is 5.92 Å². The fourth-order valence-corrected chi connectivity index (χ4v) is 5.29. The summed E-state index contributed by atoms with van der Waals surface area (Å²) in [7, 11) is -3.38. The molecule has 0 spiro atoms. The number of hydrogen-bond donors (Lipinski definition) is 1. The third-order valence-corrected chi connectivity index (χ3v) is 6.59. The summed E-state index contributed by atoms with van der Waals surface area (Å²) in [4.78, 5) is 0.314. The summed E-state index contributed by atoms with van der Waals surface area (Å²) in [5.74, 6) is -0.0371. The van der Waals surface area contributed by atoms with Gasteiger partial charge >= 0.3 is 0 Å². The molecular formula is C16H16ClNO2S. The summed E-state index contributed by atoms with van der Waals surface area (Å²) in [5.41, 5.74) is 6.80. The molecule has 0 aromatic heterocycles. The van der Waals surface area contributed by atoms with Crippen molar-refractivity contribution in [3.63, 3.8) is 0 Å². The Kier molecular flexibility index (Phi) is 3.78. The standard InChI is InChI=1S/C16H16ClNO2S/c17-12-6-8-13(9-7-12)21(19,20)16-14(10-18)15(16)11-4-2-1-3-5-11/h1-9,14-16H,10,18H2/t14-,15+,16+/m1/s1. The molecule has 2 aromatic rings. The smallest absolute Gasteiger partial charge is 0.182 e. The minimum atomic E-state index is -3.38. The van der Waals surface area contributed by atoms with E-state index in [9.17, 15) is 8.42 Å². The molecule has 1 aliphatic carbocycles. The second-order valence-electron chi connectivity index (χ2n) is 5.30. The van der Waals surface area contributed by atoms with Crippen LogP contribution in [0.3, 0.4) is 0 Å². The zero-order chi connectivity index (χ0) is 15.0. The van der Waals surface area contributed by atoms with Gasteiger partial charge in [-0.2, -0.15) is 0 Å². The van der Waals surface area contributed by atoms with E-state index in [-0.39, 0.29) is 11.8 Å². The first-order valence-electron chi connectivity index (χ1n) is 6.80. The molecule has 0 bridgehead atoms. The predicted octanol–water partition coefficient (Wildman–Crippen LogP) is 2.85. The first kappa shape index (κ1) is 14.6. The molecule has 0 heterocycles. The summed E-state index contributed by atoms with van der Waals surface area (Å²) >= 11 is 5.82. The molecule has 21 heavy (non-hydrogen) atoms. The number of benzene rings is 2. The van der Waals surface area contributed by atoms with Crippen molar-refractivity contribution in [3.8, 4) is 0 Å². The minimum Gasteiger partial charge on any atom is -0.330 e. The van der Waals surface area contributed by atoms with Crippen molar-refractivity contribution < 1.29 is 8.42 Å². The van der Waals surface area contributed by atoms with Crippen LogP contribution in [0.4, 0.5) is 0 Å². The van der Waals surface area contributed by atoms with Crippen molar-refractivity contribution in [2.45, 2.75) is 16.1 Å². The zero-order valence-corrected chi connectivity index (χ0v) is 12.9. The molecule has 1 aliphatic rings. The summed E-state index contributed by atoms with van der Waals surface area (Å²) in [5, 5.41) is 0.0887. The minimum absolute atomic E-state index is 0.0168. The number of halogens is 1. The van der Waals surface area contributed by atoms with Crippen molar-refractivity contribution in [1.82, 2.24) is 0 Å². The molecule has 0 unspecified atom stereocenters. The average molecular weight is 322 g/mol. The molecule has 3 rings (SSSR count). The monoisotopic (exact) mass is 321 g/mol. The Morgan fingerprint density at radius 1 is 1.00 bits per heavy atom. The number of rotatable bonds is 4. The maximum Gasteiger partial charge on any atom is 0.182 e. The van der Waals surface area contributed by atoms with Crippen molar-refractivity contribution in [3.05, 3.63) is 65.2 Å². The molecule has 0 amide bonds. The molecule has 0 saturated heterocycles. The Morgan fingerprint density at radius 2 is 1.62 bits per heavy atom. The van der Waals surface area contributed by atoms with Gasteiger partial charge < -0.3 is 5.73 Å². The second-order valence-corrected chi connectivity index (χ2v) is 7.84. The van der Waals surface area contributed by atoms with E-state index in [1.807, 2.05) is 30.3 Å². The summed E-state index contributed by atoms with van der Waals surface area (Å²) in [6, 6.07) is 16.0. The number of nitrogens with two attached hydrogens (primary N) is 1. The van der Waals surface area contributed by atoms with Crippen molar-refractivity contribution in [2.24, 2.45) is 11.7 Å². The fourth-order valence-electron chi connectivity index (χ4n) is 2.94. The molecule has 110 valence electrons. The first-order chi connectivity index (χ1) is 10.1. The van der Waals surface area contributed by atoms with E-state index in [1.54, 1.807) is 24.3 Å². The van der Waals surface area contributed by atoms with Crippen LogP contribution in [0.15, 0.2) is 59.5 Å². The van der Waals surface area contributed by atoms with Gasteiger partial charge in [-0.25, -0.2) is 8.42 Å². The van der Waals surface area contributed by atoms with E-state index in [4.69, 9.17) is 17.3 Å². The zero-order valence-electron chi connectivity index (χ0n) is 11.3. The maximum atomic E-state index is 12.8. The molecule has 0 aliphatic heterocycles. The SMILES string of the molecule is NC[C@@H]1[C@H](c2ccccc2)[C@H]1S(=O)(=O)c1ccc(Cl)cc1. The molecule has 2 N–H and O–H groups in total. The van der Waals surface area contributed by atoms with Crippen molar-refractivity contribution >= 4 is 21.4 Å². The van der Waals surface area contributed by atoms with Crippen LogP contribution in [0.1, 0.15) is 11.5 Å². The largest absolute Gasteiger partial charge is 0.330 e. The van der Waals surface area contributed by atoms with Gasteiger partial charge in [-0.1, -0.05) is 41.9 Å². The van der Waals surface area contributed by atoms with Gasteiger partial charge in [0.2, 0.25) is 0 Å². The third-order valence-electron chi connectivity index (χ3n) is 4.05. The van der Waals surface area contributed by atoms with E-state index in [0.717, 1.165) is 5.56 Å². The molecular weight excluding hydrogens is 306 g/mol. The van der Waals surface area contributed by atoms with Crippen LogP contribution in [-0.4, -0.2) is 20.2 Å². The Hall–Kier alpha value is -1.36. The molecule has 3 atom stereocenters. The van der Waals surface area contributed by atoms with Gasteiger partial charge in [0.05, 0.1) is 10.1 Å². The van der Waals surface area contributed by atoms with Gasteiger partial charge in [-0.3, -0.25) is 0 Å². The molecule has 3 nitrogen and oxygen atoms in total.